The lowest BCUT2D eigenvalue weighted by Gasteiger charge is -1.99. The summed E-state index contributed by atoms with van der Waals surface area (Å²) in [5.74, 6) is -0.990. The third-order valence-electron chi connectivity index (χ3n) is 1.53. The van der Waals surface area contributed by atoms with E-state index in [0.29, 0.717) is 16.9 Å². The number of carboxylic acids is 1. The second-order valence-corrected chi connectivity index (χ2v) is 2.56. The van der Waals surface area contributed by atoms with Gasteiger partial charge >= 0.3 is 5.97 Å². The Balaban J connectivity index is 0.00000169. The Labute approximate surface area is 87.6 Å². The number of aliphatic carboxylic acids is 1. The quantitative estimate of drug-likeness (QED) is 0.512. The maximum atomic E-state index is 10.2. The summed E-state index contributed by atoms with van der Waals surface area (Å²) in [7, 11) is 0. The van der Waals surface area contributed by atoms with E-state index in [1.165, 1.54) is 6.08 Å². The van der Waals surface area contributed by atoms with E-state index in [-0.39, 0.29) is 12.4 Å². The van der Waals surface area contributed by atoms with Crippen molar-refractivity contribution >= 4 is 35.8 Å². The molecule has 5 heteroatoms. The van der Waals surface area contributed by atoms with Crippen LogP contribution < -0.4 is 11.5 Å². The maximum absolute atomic E-state index is 10.2. The SMILES string of the molecule is Cl.Nc1ccc(/C=C/C(=O)O)cc1N. The summed E-state index contributed by atoms with van der Waals surface area (Å²) < 4.78 is 0. The maximum Gasteiger partial charge on any atom is 0.328 e. The number of nitrogen functional groups attached to an aromatic ring is 2. The van der Waals surface area contributed by atoms with Crippen molar-refractivity contribution in [1.29, 1.82) is 0 Å². The van der Waals surface area contributed by atoms with E-state index in [1.807, 2.05) is 0 Å². The van der Waals surface area contributed by atoms with E-state index in [2.05, 4.69) is 0 Å². The molecule has 0 fully saturated rings. The molecule has 1 rings (SSSR count). The third kappa shape index (κ3) is 3.37. The van der Waals surface area contributed by atoms with Crippen molar-refractivity contribution in [1.82, 2.24) is 0 Å². The van der Waals surface area contributed by atoms with Crippen LogP contribution in [-0.2, 0) is 4.79 Å². The zero-order chi connectivity index (χ0) is 9.84. The Bertz CT molecular complexity index is 364. The number of carbonyl (C=O) groups is 1. The Hall–Kier alpha value is -1.68. The summed E-state index contributed by atoms with van der Waals surface area (Å²) in [4.78, 5) is 10.2. The van der Waals surface area contributed by atoms with Crippen LogP contribution in [0.5, 0.6) is 0 Å². The van der Waals surface area contributed by atoms with Crippen LogP contribution in [0.2, 0.25) is 0 Å². The fraction of sp³-hybridized carbons (Fsp3) is 0. The number of benzene rings is 1. The summed E-state index contributed by atoms with van der Waals surface area (Å²) in [6, 6.07) is 4.96. The molecule has 0 amide bonds. The molecule has 0 saturated heterocycles. The van der Waals surface area contributed by atoms with Crippen LogP contribution in [0.3, 0.4) is 0 Å². The van der Waals surface area contributed by atoms with E-state index in [0.717, 1.165) is 6.08 Å². The third-order valence-corrected chi connectivity index (χ3v) is 1.53. The predicted molar refractivity (Wildman–Crippen MR) is 59.2 cm³/mol. The van der Waals surface area contributed by atoms with Crippen molar-refractivity contribution in [2.75, 3.05) is 11.5 Å². The van der Waals surface area contributed by atoms with Gasteiger partial charge in [-0.15, -0.1) is 12.4 Å². The van der Waals surface area contributed by atoms with Crippen molar-refractivity contribution in [3.05, 3.63) is 29.8 Å². The molecule has 0 atom stereocenters. The highest BCUT2D eigenvalue weighted by molar-refractivity contribution is 5.86. The molecule has 76 valence electrons. The first-order chi connectivity index (χ1) is 6.09. The molecule has 0 aliphatic rings. The minimum atomic E-state index is -0.990. The number of carboxylic acid groups (broad SMARTS) is 1. The monoisotopic (exact) mass is 214 g/mol. The van der Waals surface area contributed by atoms with Crippen LogP contribution in [0.1, 0.15) is 5.56 Å². The first kappa shape index (κ1) is 12.3. The van der Waals surface area contributed by atoms with E-state index in [4.69, 9.17) is 16.6 Å². The molecule has 4 nitrogen and oxygen atoms in total. The van der Waals surface area contributed by atoms with Crippen molar-refractivity contribution in [3.8, 4) is 0 Å². The van der Waals surface area contributed by atoms with E-state index in [9.17, 15) is 4.79 Å². The Morgan fingerprint density at radius 3 is 2.43 bits per heavy atom. The molecule has 0 radical (unpaired) electrons. The van der Waals surface area contributed by atoms with Gasteiger partial charge in [0.05, 0.1) is 11.4 Å². The summed E-state index contributed by atoms with van der Waals surface area (Å²) in [5, 5.41) is 8.36. The highest BCUT2D eigenvalue weighted by Gasteiger charge is 1.94. The fourth-order valence-corrected chi connectivity index (χ4v) is 0.864. The molecule has 1 aromatic carbocycles. The molecule has 14 heavy (non-hydrogen) atoms. The smallest absolute Gasteiger partial charge is 0.328 e. The Morgan fingerprint density at radius 2 is 1.93 bits per heavy atom. The molecule has 0 unspecified atom stereocenters. The standard InChI is InChI=1S/C9H10N2O2.ClH/c10-7-3-1-6(5-8(7)11)2-4-9(12)13;/h1-5H,10-11H2,(H,12,13);1H/b4-2+;. The molecule has 5 N–H and O–H groups in total. The summed E-state index contributed by atoms with van der Waals surface area (Å²) in [5.41, 5.74) is 12.7. The summed E-state index contributed by atoms with van der Waals surface area (Å²) >= 11 is 0. The van der Waals surface area contributed by atoms with E-state index >= 15 is 0 Å². The Morgan fingerprint density at radius 1 is 1.29 bits per heavy atom. The van der Waals surface area contributed by atoms with Crippen LogP contribution >= 0.6 is 12.4 Å². The molecule has 0 bridgehead atoms. The number of halogens is 1. The van der Waals surface area contributed by atoms with Gasteiger partial charge in [-0.1, -0.05) is 6.07 Å². The van der Waals surface area contributed by atoms with Gasteiger partial charge in [0.15, 0.2) is 0 Å². The molecule has 0 heterocycles. The normalized spacial score (nSPS) is 9.71. The first-order valence-electron chi connectivity index (χ1n) is 3.65. The van der Waals surface area contributed by atoms with Gasteiger partial charge in [0, 0.05) is 6.08 Å². The minimum Gasteiger partial charge on any atom is -0.478 e. The summed E-state index contributed by atoms with van der Waals surface area (Å²) in [6.45, 7) is 0. The van der Waals surface area contributed by atoms with Crippen molar-refractivity contribution in [2.24, 2.45) is 0 Å². The fourth-order valence-electron chi connectivity index (χ4n) is 0.864. The number of hydrogen-bond acceptors (Lipinski definition) is 3. The molecule has 0 aliphatic heterocycles. The number of rotatable bonds is 2. The van der Waals surface area contributed by atoms with Gasteiger partial charge in [-0.05, 0) is 23.8 Å². The molecule has 0 spiro atoms. The minimum absolute atomic E-state index is 0. The zero-order valence-electron chi connectivity index (χ0n) is 7.31. The molecular formula is C9H11ClN2O2. The van der Waals surface area contributed by atoms with Gasteiger partial charge < -0.3 is 16.6 Å². The Kier molecular flexibility index (Phi) is 4.52. The van der Waals surface area contributed by atoms with Gasteiger partial charge in [-0.3, -0.25) is 0 Å². The first-order valence-corrected chi connectivity index (χ1v) is 3.65. The predicted octanol–water partition coefficient (Wildman–Crippen LogP) is 1.37. The summed E-state index contributed by atoms with van der Waals surface area (Å²) in [6.07, 6.45) is 2.50. The molecule has 1 aromatic rings. The second kappa shape index (κ2) is 5.14. The van der Waals surface area contributed by atoms with Crippen LogP contribution in [0.25, 0.3) is 6.08 Å². The van der Waals surface area contributed by atoms with Gasteiger partial charge in [-0.2, -0.15) is 0 Å². The van der Waals surface area contributed by atoms with Gasteiger partial charge in [0.1, 0.15) is 0 Å². The lowest BCUT2D eigenvalue weighted by molar-refractivity contribution is -0.131. The lowest BCUT2D eigenvalue weighted by Crippen LogP contribution is -1.94. The molecular weight excluding hydrogens is 204 g/mol. The van der Waals surface area contributed by atoms with Gasteiger partial charge in [-0.25, -0.2) is 4.79 Å². The average molecular weight is 215 g/mol. The van der Waals surface area contributed by atoms with E-state index in [1.54, 1.807) is 18.2 Å². The lowest BCUT2D eigenvalue weighted by atomic mass is 10.1. The highest BCUT2D eigenvalue weighted by atomic mass is 35.5. The van der Waals surface area contributed by atoms with Gasteiger partial charge in [0.2, 0.25) is 0 Å². The van der Waals surface area contributed by atoms with Crippen molar-refractivity contribution in [2.45, 2.75) is 0 Å². The van der Waals surface area contributed by atoms with E-state index < -0.39 is 5.97 Å². The zero-order valence-corrected chi connectivity index (χ0v) is 8.12. The van der Waals surface area contributed by atoms with Crippen LogP contribution in [-0.4, -0.2) is 11.1 Å². The average Bonchev–Trinajstić information content (AvgIpc) is 2.07. The number of nitrogens with two attached hydrogens (primary N) is 2. The van der Waals surface area contributed by atoms with Crippen LogP contribution in [0, 0.1) is 0 Å². The molecule has 0 aromatic heterocycles. The second-order valence-electron chi connectivity index (χ2n) is 2.56. The largest absolute Gasteiger partial charge is 0.478 e. The molecule has 0 aliphatic carbocycles. The van der Waals surface area contributed by atoms with Crippen molar-refractivity contribution < 1.29 is 9.90 Å². The highest BCUT2D eigenvalue weighted by Crippen LogP contribution is 2.16. The number of hydrogen-bond donors (Lipinski definition) is 3. The van der Waals surface area contributed by atoms with Crippen LogP contribution in [0.4, 0.5) is 11.4 Å². The molecule has 0 saturated carbocycles. The van der Waals surface area contributed by atoms with Crippen molar-refractivity contribution in [3.63, 3.8) is 0 Å². The topological polar surface area (TPSA) is 89.3 Å². The van der Waals surface area contributed by atoms with Crippen LogP contribution in [0.15, 0.2) is 24.3 Å². The number of anilines is 2. The van der Waals surface area contributed by atoms with Gasteiger partial charge in [0.25, 0.3) is 0 Å².